The second kappa shape index (κ2) is 21.3. The third-order valence-electron chi connectivity index (χ3n) is 14.6. The molecule has 0 aromatic carbocycles. The number of nitrogens with zero attached hydrogens (tertiary/aromatic N) is 1. The Labute approximate surface area is 315 Å². The molecule has 0 bridgehead atoms. The molecule has 4 N–H and O–H groups in total. The van der Waals surface area contributed by atoms with Crippen molar-refractivity contribution in [3.8, 4) is 0 Å². The number of ether oxygens (including phenoxy) is 1. The summed E-state index contributed by atoms with van der Waals surface area (Å²) < 4.78 is 6.33. The fraction of sp³-hybridized carbons (Fsp3) is 0.929. The van der Waals surface area contributed by atoms with Crippen molar-refractivity contribution in [2.45, 2.75) is 170 Å². The summed E-state index contributed by atoms with van der Waals surface area (Å²) in [6.45, 7) is 18.2. The van der Waals surface area contributed by atoms with Crippen molar-refractivity contribution >= 4 is 30.9 Å². The number of amides is 1. The highest BCUT2D eigenvalue weighted by molar-refractivity contribution is 5.85. The van der Waals surface area contributed by atoms with Gasteiger partial charge in [0.2, 0.25) is 0 Å². The van der Waals surface area contributed by atoms with Crippen LogP contribution in [0.5, 0.6) is 0 Å². The van der Waals surface area contributed by atoms with E-state index in [1.807, 2.05) is 4.90 Å². The van der Waals surface area contributed by atoms with Crippen molar-refractivity contribution in [3.63, 3.8) is 0 Å². The van der Waals surface area contributed by atoms with Gasteiger partial charge in [-0.2, -0.15) is 0 Å². The number of hydrogen-bond acceptors (Lipinski definition) is 4. The zero-order valence-electron chi connectivity index (χ0n) is 32.7. The largest absolute Gasteiger partial charge is 0.446 e. The van der Waals surface area contributed by atoms with Crippen LogP contribution >= 0.6 is 24.8 Å². The summed E-state index contributed by atoms with van der Waals surface area (Å²) in [5.74, 6) is 5.97. The fourth-order valence-electron chi connectivity index (χ4n) is 11.5. The van der Waals surface area contributed by atoms with E-state index in [0.29, 0.717) is 5.41 Å². The van der Waals surface area contributed by atoms with Gasteiger partial charge in [0.25, 0.3) is 0 Å². The van der Waals surface area contributed by atoms with Crippen LogP contribution in [0.2, 0.25) is 0 Å². The Morgan fingerprint density at radius 3 is 2.08 bits per heavy atom. The van der Waals surface area contributed by atoms with Gasteiger partial charge < -0.3 is 21.1 Å². The maximum Gasteiger partial charge on any atom is 0.410 e. The molecule has 0 aromatic rings. The van der Waals surface area contributed by atoms with Crippen molar-refractivity contribution in [3.05, 3.63) is 11.6 Å². The molecule has 4 aliphatic carbocycles. The first-order valence-corrected chi connectivity index (χ1v) is 20.6. The van der Waals surface area contributed by atoms with Crippen molar-refractivity contribution in [2.24, 2.45) is 63.7 Å². The molecule has 0 radical (unpaired) electrons. The number of fused-ring (bicyclic) bond motifs is 5. The summed E-state index contributed by atoms with van der Waals surface area (Å²) in [5.41, 5.74) is 13.8. The van der Waals surface area contributed by atoms with E-state index in [9.17, 15) is 4.79 Å². The van der Waals surface area contributed by atoms with E-state index in [4.69, 9.17) is 16.2 Å². The average molecular weight is 729 g/mol. The third kappa shape index (κ3) is 11.0. The minimum absolute atomic E-state index is 0. The molecule has 49 heavy (non-hydrogen) atoms. The zero-order chi connectivity index (χ0) is 34.0. The summed E-state index contributed by atoms with van der Waals surface area (Å²) in [6.07, 6.45) is 25.6. The van der Waals surface area contributed by atoms with Crippen LogP contribution in [-0.2, 0) is 4.74 Å². The van der Waals surface area contributed by atoms with E-state index in [2.05, 4.69) is 47.6 Å². The Balaban J connectivity index is 0.00000417. The number of hydrogen-bond donors (Lipinski definition) is 2. The van der Waals surface area contributed by atoms with Crippen molar-refractivity contribution in [1.29, 1.82) is 0 Å². The summed E-state index contributed by atoms with van der Waals surface area (Å²) in [4.78, 5) is 15.6. The van der Waals surface area contributed by atoms with Crippen molar-refractivity contribution in [1.82, 2.24) is 4.90 Å². The Bertz CT molecular complexity index is 979. The number of rotatable bonds is 19. The predicted molar refractivity (Wildman–Crippen MR) is 214 cm³/mol. The molecule has 4 rings (SSSR count). The summed E-state index contributed by atoms with van der Waals surface area (Å²) in [7, 11) is 0. The van der Waals surface area contributed by atoms with Crippen LogP contribution < -0.4 is 11.5 Å². The lowest BCUT2D eigenvalue weighted by molar-refractivity contribution is -0.0595. The first-order chi connectivity index (χ1) is 22.6. The highest BCUT2D eigenvalue weighted by atomic mass is 35.5. The molecule has 0 aliphatic heterocycles. The van der Waals surface area contributed by atoms with Crippen LogP contribution in [0.3, 0.4) is 0 Å². The molecule has 0 saturated heterocycles. The van der Waals surface area contributed by atoms with Crippen LogP contribution in [0.1, 0.15) is 164 Å². The lowest BCUT2D eigenvalue weighted by Gasteiger charge is -2.58. The van der Waals surface area contributed by atoms with Gasteiger partial charge in [0.05, 0.1) is 0 Å². The first kappa shape index (κ1) is 44.7. The van der Waals surface area contributed by atoms with Gasteiger partial charge in [-0.05, 0) is 142 Å². The molecule has 0 spiro atoms. The van der Waals surface area contributed by atoms with Gasteiger partial charge in [-0.3, -0.25) is 0 Å². The second-order valence-electron chi connectivity index (χ2n) is 17.6. The van der Waals surface area contributed by atoms with Gasteiger partial charge in [-0.15, -0.1) is 24.8 Å². The molecule has 3 fully saturated rings. The molecule has 7 unspecified atom stereocenters. The molecule has 5 nitrogen and oxygen atoms in total. The lowest BCUT2D eigenvalue weighted by Crippen LogP contribution is -2.51. The van der Waals surface area contributed by atoms with Crippen LogP contribution in [-0.4, -0.2) is 43.3 Å². The van der Waals surface area contributed by atoms with Crippen LogP contribution in [0.25, 0.3) is 0 Å². The first-order valence-electron chi connectivity index (χ1n) is 20.6. The van der Waals surface area contributed by atoms with E-state index in [1.54, 1.807) is 5.57 Å². The predicted octanol–water partition coefficient (Wildman–Crippen LogP) is 11.4. The van der Waals surface area contributed by atoms with E-state index >= 15 is 0 Å². The minimum atomic E-state index is -0.0799. The van der Waals surface area contributed by atoms with Gasteiger partial charge in [-0.1, -0.05) is 91.7 Å². The lowest BCUT2D eigenvalue weighted by atomic mass is 9.47. The van der Waals surface area contributed by atoms with E-state index in [1.165, 1.54) is 57.8 Å². The van der Waals surface area contributed by atoms with Gasteiger partial charge in [0.1, 0.15) is 6.10 Å². The number of carbonyl (C=O) groups is 1. The number of nitrogens with two attached hydrogens (primary N) is 2. The Hall–Kier alpha value is -0.490. The molecular formula is C42H79Cl2N3O2. The monoisotopic (exact) mass is 728 g/mol. The Morgan fingerprint density at radius 1 is 0.857 bits per heavy atom. The quantitative estimate of drug-likeness (QED) is 0.102. The zero-order valence-corrected chi connectivity index (χ0v) is 34.3. The summed E-state index contributed by atoms with van der Waals surface area (Å²) in [6, 6.07) is 0. The van der Waals surface area contributed by atoms with Crippen LogP contribution in [0, 0.1) is 52.3 Å². The van der Waals surface area contributed by atoms with Gasteiger partial charge in [-0.25, -0.2) is 4.79 Å². The summed E-state index contributed by atoms with van der Waals surface area (Å²) >= 11 is 0. The molecule has 0 aromatic heterocycles. The Kier molecular flexibility index (Phi) is 19.4. The van der Waals surface area contributed by atoms with Crippen LogP contribution in [0.15, 0.2) is 11.6 Å². The van der Waals surface area contributed by atoms with Crippen molar-refractivity contribution in [2.75, 3.05) is 26.2 Å². The third-order valence-corrected chi connectivity index (χ3v) is 14.6. The number of carbonyl (C=O) groups excluding carboxylic acids is 1. The van der Waals surface area contributed by atoms with E-state index < -0.39 is 0 Å². The van der Waals surface area contributed by atoms with Crippen LogP contribution in [0.4, 0.5) is 4.79 Å². The maximum absolute atomic E-state index is 13.5. The molecule has 3 saturated carbocycles. The average Bonchev–Trinajstić information content (AvgIpc) is 3.41. The molecule has 288 valence electrons. The molecule has 7 heteroatoms. The standard InChI is InChI=1S/C42H77N3O2.2ClH/c1-7-33(31(2)3)17-16-32(4)37-20-21-38-36-19-18-34-30-35(22-24-41(34,5)39(36)23-25-42(37,38)6)47-40(46)45(28-14-10-8-12-26-43)29-15-11-9-13-27-44;;/h18,31-33,35-39H,7-17,19-30,43-44H2,1-6H3;2*1H/t32-,33-,35?,36?,37?,38?,39?,41?,42?;;/m1../s1. The van der Waals surface area contributed by atoms with Gasteiger partial charge in [0.15, 0.2) is 0 Å². The number of unbranched alkanes of at least 4 members (excludes halogenated alkanes) is 6. The topological polar surface area (TPSA) is 81.6 Å². The molecule has 9 atom stereocenters. The molecule has 0 heterocycles. The minimum Gasteiger partial charge on any atom is -0.446 e. The Morgan fingerprint density at radius 2 is 1.49 bits per heavy atom. The summed E-state index contributed by atoms with van der Waals surface area (Å²) in [5, 5.41) is 0. The molecular weight excluding hydrogens is 649 g/mol. The maximum atomic E-state index is 13.5. The van der Waals surface area contributed by atoms with E-state index in [0.717, 1.165) is 132 Å². The SMILES string of the molecule is CC[C@H](CC[C@@H](C)C1CCC2C3CC=C4CC(OC(=O)N(CCCCCCN)CCCCCCN)CCC4(C)C3CCC21C)C(C)C.Cl.Cl. The highest BCUT2D eigenvalue weighted by Gasteiger charge is 2.59. The smallest absolute Gasteiger partial charge is 0.410 e. The molecule has 1 amide bonds. The number of halogens is 2. The highest BCUT2D eigenvalue weighted by Crippen LogP contribution is 2.67. The van der Waals surface area contributed by atoms with Gasteiger partial charge >= 0.3 is 6.09 Å². The molecule has 4 aliphatic rings. The van der Waals surface area contributed by atoms with Crippen molar-refractivity contribution < 1.29 is 9.53 Å². The fourth-order valence-corrected chi connectivity index (χ4v) is 11.5. The second-order valence-corrected chi connectivity index (χ2v) is 17.6. The number of allylic oxidation sites excluding steroid dienone is 1. The van der Waals surface area contributed by atoms with Gasteiger partial charge in [0, 0.05) is 19.5 Å². The van der Waals surface area contributed by atoms with E-state index in [-0.39, 0.29) is 42.4 Å². The normalized spacial score (nSPS) is 31.7.